The molecule has 0 unspecified atom stereocenters. The summed E-state index contributed by atoms with van der Waals surface area (Å²) in [5.74, 6) is 0.310. The number of fused-ring (bicyclic) bond motifs is 1. The van der Waals surface area contributed by atoms with E-state index in [0.717, 1.165) is 37.8 Å². The number of rotatable bonds is 5. The third kappa shape index (κ3) is 3.26. The van der Waals surface area contributed by atoms with Crippen molar-refractivity contribution in [2.75, 3.05) is 13.1 Å². The Bertz CT molecular complexity index is 590. The molecule has 1 aromatic rings. The Balaban J connectivity index is 1.24. The molecule has 3 aliphatic rings. The van der Waals surface area contributed by atoms with Crippen molar-refractivity contribution in [1.29, 1.82) is 0 Å². The lowest BCUT2D eigenvalue weighted by molar-refractivity contribution is -0.169. The van der Waals surface area contributed by atoms with E-state index in [1.807, 2.05) is 12.1 Å². The second-order valence-corrected chi connectivity index (χ2v) is 6.98. The Hall–Kier alpha value is -1.46. The zero-order valence-electron chi connectivity index (χ0n) is 13.2. The Morgan fingerprint density at radius 3 is 2.83 bits per heavy atom. The zero-order chi connectivity index (χ0) is 15.8. The highest BCUT2D eigenvalue weighted by Crippen LogP contribution is 2.34. The van der Waals surface area contributed by atoms with Gasteiger partial charge in [-0.1, -0.05) is 18.2 Å². The first-order valence-corrected chi connectivity index (χ1v) is 8.61. The van der Waals surface area contributed by atoms with Crippen LogP contribution < -0.4 is 5.32 Å². The summed E-state index contributed by atoms with van der Waals surface area (Å²) >= 11 is 0. The van der Waals surface area contributed by atoms with Gasteiger partial charge in [0, 0.05) is 37.2 Å². The van der Waals surface area contributed by atoms with Crippen LogP contribution in [0.1, 0.15) is 31.2 Å². The third-order valence-electron chi connectivity index (χ3n) is 5.25. The van der Waals surface area contributed by atoms with Crippen molar-refractivity contribution in [2.24, 2.45) is 5.92 Å². The smallest absolute Gasteiger partial charge is 0.223 e. The molecule has 124 valence electrons. The predicted molar refractivity (Wildman–Crippen MR) is 84.2 cm³/mol. The largest absolute Gasteiger partial charge is 0.370 e. The van der Waals surface area contributed by atoms with Crippen molar-refractivity contribution in [1.82, 2.24) is 10.2 Å². The van der Waals surface area contributed by atoms with E-state index in [2.05, 4.69) is 10.2 Å². The number of benzene rings is 1. The lowest BCUT2D eigenvalue weighted by Gasteiger charge is -2.52. The quantitative estimate of drug-likeness (QED) is 0.904. The van der Waals surface area contributed by atoms with Gasteiger partial charge in [0.2, 0.25) is 5.91 Å². The van der Waals surface area contributed by atoms with Gasteiger partial charge in [-0.2, -0.15) is 0 Å². The van der Waals surface area contributed by atoms with Crippen LogP contribution in [0.2, 0.25) is 0 Å². The van der Waals surface area contributed by atoms with E-state index in [1.165, 1.54) is 6.07 Å². The van der Waals surface area contributed by atoms with Crippen LogP contribution in [-0.4, -0.2) is 42.1 Å². The van der Waals surface area contributed by atoms with Crippen LogP contribution >= 0.6 is 0 Å². The lowest BCUT2D eigenvalue weighted by Crippen LogP contribution is -2.64. The molecule has 0 radical (unpaired) electrons. The standard InChI is InChI=1S/C18H23FN2O2/c19-15-4-2-1-3-13(15)10-21-11-17-16(21)8-7-14(23-17)9-20-18(22)12-5-6-12/h1-4,12,14,16-17H,5-11H2,(H,20,22)/t14-,16-,17-/m1/s1. The lowest BCUT2D eigenvalue weighted by atomic mass is 9.89. The molecule has 2 heterocycles. The molecular weight excluding hydrogens is 295 g/mol. The number of carbonyl (C=O) groups excluding carboxylic acids is 1. The molecule has 1 amide bonds. The molecule has 0 aromatic heterocycles. The first-order chi connectivity index (χ1) is 11.2. The van der Waals surface area contributed by atoms with Gasteiger partial charge in [-0.05, 0) is 31.7 Å². The van der Waals surface area contributed by atoms with Gasteiger partial charge in [-0.3, -0.25) is 9.69 Å². The maximum atomic E-state index is 13.7. The van der Waals surface area contributed by atoms with Crippen LogP contribution in [0.3, 0.4) is 0 Å². The average molecular weight is 318 g/mol. The van der Waals surface area contributed by atoms with Crippen molar-refractivity contribution in [3.05, 3.63) is 35.6 Å². The summed E-state index contributed by atoms with van der Waals surface area (Å²) in [6.07, 6.45) is 4.45. The van der Waals surface area contributed by atoms with E-state index >= 15 is 0 Å². The van der Waals surface area contributed by atoms with Gasteiger partial charge in [0.15, 0.2) is 0 Å². The minimum atomic E-state index is -0.131. The first kappa shape index (κ1) is 15.1. The van der Waals surface area contributed by atoms with Crippen LogP contribution in [0.4, 0.5) is 4.39 Å². The second-order valence-electron chi connectivity index (χ2n) is 6.98. The van der Waals surface area contributed by atoms with Crippen LogP contribution in [0, 0.1) is 11.7 Å². The second kappa shape index (κ2) is 6.21. The molecule has 0 bridgehead atoms. The molecule has 1 aliphatic carbocycles. The molecule has 3 atom stereocenters. The van der Waals surface area contributed by atoms with Gasteiger partial charge in [-0.15, -0.1) is 0 Å². The molecule has 23 heavy (non-hydrogen) atoms. The van der Waals surface area contributed by atoms with Crippen LogP contribution in [-0.2, 0) is 16.1 Å². The number of nitrogens with one attached hydrogen (secondary N) is 1. The van der Waals surface area contributed by atoms with E-state index in [1.54, 1.807) is 6.07 Å². The molecule has 1 saturated carbocycles. The molecular formula is C18H23FN2O2. The number of nitrogens with zero attached hydrogens (tertiary/aromatic N) is 1. The van der Waals surface area contributed by atoms with Crippen molar-refractivity contribution < 1.29 is 13.9 Å². The molecule has 4 nitrogen and oxygen atoms in total. The number of carbonyl (C=O) groups is 1. The maximum Gasteiger partial charge on any atom is 0.223 e. The summed E-state index contributed by atoms with van der Waals surface area (Å²) in [6.45, 7) is 2.14. The van der Waals surface area contributed by atoms with Crippen molar-refractivity contribution in [2.45, 2.75) is 50.5 Å². The Morgan fingerprint density at radius 1 is 1.26 bits per heavy atom. The minimum absolute atomic E-state index is 0.131. The Morgan fingerprint density at radius 2 is 2.09 bits per heavy atom. The molecule has 2 aliphatic heterocycles. The summed E-state index contributed by atoms with van der Waals surface area (Å²) in [6, 6.07) is 7.36. The average Bonchev–Trinajstić information content (AvgIpc) is 3.37. The molecule has 3 fully saturated rings. The van der Waals surface area contributed by atoms with Gasteiger partial charge in [0.05, 0.1) is 12.2 Å². The van der Waals surface area contributed by atoms with E-state index < -0.39 is 0 Å². The Labute approximate surface area is 136 Å². The highest BCUT2D eigenvalue weighted by molar-refractivity contribution is 5.80. The normalized spacial score (nSPS) is 30.4. The maximum absolute atomic E-state index is 13.7. The summed E-state index contributed by atoms with van der Waals surface area (Å²) in [5.41, 5.74) is 0.754. The monoisotopic (exact) mass is 318 g/mol. The highest BCUT2D eigenvalue weighted by atomic mass is 19.1. The fraction of sp³-hybridized carbons (Fsp3) is 0.611. The van der Waals surface area contributed by atoms with Gasteiger partial charge in [-0.25, -0.2) is 4.39 Å². The molecule has 1 aromatic carbocycles. The number of amides is 1. The van der Waals surface area contributed by atoms with E-state index in [9.17, 15) is 9.18 Å². The number of hydrogen-bond acceptors (Lipinski definition) is 3. The zero-order valence-corrected chi connectivity index (χ0v) is 13.2. The van der Waals surface area contributed by atoms with Gasteiger partial charge >= 0.3 is 0 Å². The number of halogens is 1. The fourth-order valence-electron chi connectivity index (χ4n) is 3.64. The highest BCUT2D eigenvalue weighted by Gasteiger charge is 2.44. The van der Waals surface area contributed by atoms with Gasteiger partial charge in [0.1, 0.15) is 5.82 Å². The summed E-state index contributed by atoms with van der Waals surface area (Å²) < 4.78 is 19.8. The number of likely N-dealkylation sites (tertiary alicyclic amines) is 1. The topological polar surface area (TPSA) is 41.6 Å². The van der Waals surface area contributed by atoms with E-state index in [0.29, 0.717) is 19.1 Å². The van der Waals surface area contributed by atoms with Crippen molar-refractivity contribution >= 4 is 5.91 Å². The van der Waals surface area contributed by atoms with Crippen LogP contribution in [0.25, 0.3) is 0 Å². The Kier molecular flexibility index (Phi) is 4.07. The molecule has 1 N–H and O–H groups in total. The summed E-state index contributed by atoms with van der Waals surface area (Å²) in [5, 5.41) is 3.01. The molecule has 5 heteroatoms. The van der Waals surface area contributed by atoms with Crippen molar-refractivity contribution in [3.8, 4) is 0 Å². The molecule has 2 saturated heterocycles. The fourth-order valence-corrected chi connectivity index (χ4v) is 3.64. The number of ether oxygens (including phenoxy) is 1. The van der Waals surface area contributed by atoms with Crippen molar-refractivity contribution in [3.63, 3.8) is 0 Å². The SMILES string of the molecule is O=C(NC[C@H]1CC[C@@H]2[C@@H](CN2Cc2ccccc2F)O1)C1CC1. The van der Waals surface area contributed by atoms with Crippen LogP contribution in [0.5, 0.6) is 0 Å². The van der Waals surface area contributed by atoms with E-state index in [4.69, 9.17) is 4.74 Å². The summed E-state index contributed by atoms with van der Waals surface area (Å²) in [7, 11) is 0. The third-order valence-corrected chi connectivity index (χ3v) is 5.25. The minimum Gasteiger partial charge on any atom is -0.370 e. The van der Waals surface area contributed by atoms with Crippen LogP contribution in [0.15, 0.2) is 24.3 Å². The predicted octanol–water partition coefficient (Wildman–Crippen LogP) is 2.08. The van der Waals surface area contributed by atoms with Gasteiger partial charge < -0.3 is 10.1 Å². The van der Waals surface area contributed by atoms with Gasteiger partial charge in [0.25, 0.3) is 0 Å². The molecule has 0 spiro atoms. The summed E-state index contributed by atoms with van der Waals surface area (Å²) in [4.78, 5) is 14.0. The molecule has 4 rings (SSSR count). The van der Waals surface area contributed by atoms with E-state index in [-0.39, 0.29) is 29.9 Å². The first-order valence-electron chi connectivity index (χ1n) is 8.61. The number of hydrogen-bond donors (Lipinski definition) is 1.